The summed E-state index contributed by atoms with van der Waals surface area (Å²) in [5.41, 5.74) is 6.77. The van der Waals surface area contributed by atoms with Crippen LogP contribution in [0.2, 0.25) is 0 Å². The van der Waals surface area contributed by atoms with Crippen molar-refractivity contribution < 1.29 is 13.2 Å². The van der Waals surface area contributed by atoms with Gasteiger partial charge in [-0.3, -0.25) is 0 Å². The summed E-state index contributed by atoms with van der Waals surface area (Å²) in [6.45, 7) is 5.04. The third kappa shape index (κ3) is 5.69. The molecule has 0 saturated carbocycles. The van der Waals surface area contributed by atoms with Crippen molar-refractivity contribution in [2.45, 2.75) is 39.3 Å². The predicted octanol–water partition coefficient (Wildman–Crippen LogP) is 3.03. The molecule has 0 saturated heterocycles. The van der Waals surface area contributed by atoms with Crippen LogP contribution in [0.5, 0.6) is 0 Å². The van der Waals surface area contributed by atoms with Crippen LogP contribution in [0.15, 0.2) is 0 Å². The van der Waals surface area contributed by atoms with Gasteiger partial charge in [-0.15, -0.1) is 0 Å². The van der Waals surface area contributed by atoms with Gasteiger partial charge in [0.15, 0.2) is 11.6 Å². The highest BCUT2D eigenvalue weighted by molar-refractivity contribution is 5.93. The number of nitrogens with zero attached hydrogens (tertiary/aromatic N) is 5. The van der Waals surface area contributed by atoms with Crippen LogP contribution in [-0.4, -0.2) is 52.8 Å². The molecule has 4 N–H and O–H groups in total. The van der Waals surface area contributed by atoms with Crippen LogP contribution in [0, 0.1) is 0 Å². The largest absolute Gasteiger partial charge is 0.390 e. The summed E-state index contributed by atoms with van der Waals surface area (Å²) in [7, 11) is 1.50. The summed E-state index contributed by atoms with van der Waals surface area (Å²) in [5, 5.41) is 6.21. The molecule has 0 aliphatic carbocycles. The lowest BCUT2D eigenvalue weighted by Crippen LogP contribution is -2.26. The van der Waals surface area contributed by atoms with Crippen molar-refractivity contribution in [2.75, 3.05) is 47.9 Å². The van der Waals surface area contributed by atoms with E-state index >= 15 is 0 Å². The van der Waals surface area contributed by atoms with Gasteiger partial charge in [-0.25, -0.2) is 9.97 Å². The second-order valence-electron chi connectivity index (χ2n) is 6.14. The molecule has 0 aliphatic rings. The second-order valence-corrected chi connectivity index (χ2v) is 6.14. The molecule has 0 atom stereocenters. The standard InChI is InChI=1S/C16H25F3N8/c1-4-7-21-13-11-10(12(20)25-14(23-11)22-8-5-2)24-15(26-13)27(3)9-6-16(17,18)19/h4-9H2,1-3H3,(H,21,24,26)(H3,20,22,23,25). The molecular formula is C16H25F3N8. The Bertz CT molecular complexity index is 765. The van der Waals surface area contributed by atoms with Gasteiger partial charge in [0.05, 0.1) is 6.42 Å². The molecule has 2 aromatic heterocycles. The van der Waals surface area contributed by atoms with Gasteiger partial charge in [0.1, 0.15) is 11.0 Å². The van der Waals surface area contributed by atoms with E-state index in [1.54, 1.807) is 0 Å². The highest BCUT2D eigenvalue weighted by atomic mass is 19.4. The predicted molar refractivity (Wildman–Crippen MR) is 101 cm³/mol. The van der Waals surface area contributed by atoms with E-state index in [2.05, 4.69) is 30.6 Å². The minimum atomic E-state index is -4.25. The lowest BCUT2D eigenvalue weighted by molar-refractivity contribution is -0.132. The van der Waals surface area contributed by atoms with E-state index in [-0.39, 0.29) is 18.3 Å². The van der Waals surface area contributed by atoms with Crippen LogP contribution in [-0.2, 0) is 0 Å². The minimum Gasteiger partial charge on any atom is -0.382 e. The molecule has 0 fully saturated rings. The molecule has 0 aromatic carbocycles. The highest BCUT2D eigenvalue weighted by Gasteiger charge is 2.28. The zero-order valence-corrected chi connectivity index (χ0v) is 15.7. The summed E-state index contributed by atoms with van der Waals surface area (Å²) in [6.07, 6.45) is -3.49. The third-order valence-corrected chi connectivity index (χ3v) is 3.71. The Morgan fingerprint density at radius 1 is 0.963 bits per heavy atom. The SMILES string of the molecule is CCCNc1nc(N)c2nc(N(C)CCC(F)(F)F)nc(NCCC)c2n1. The lowest BCUT2D eigenvalue weighted by Gasteiger charge is -2.20. The Balaban J connectivity index is 2.44. The van der Waals surface area contributed by atoms with Crippen LogP contribution < -0.4 is 21.3 Å². The number of fused-ring (bicyclic) bond motifs is 1. The second kappa shape index (κ2) is 8.87. The number of hydrogen-bond donors (Lipinski definition) is 3. The molecule has 0 amide bonds. The van der Waals surface area contributed by atoms with Crippen LogP contribution in [0.4, 0.5) is 36.7 Å². The summed E-state index contributed by atoms with van der Waals surface area (Å²) in [6, 6.07) is 0. The number of nitrogen functional groups attached to an aromatic ring is 1. The first-order valence-electron chi connectivity index (χ1n) is 8.86. The molecular weight excluding hydrogens is 361 g/mol. The van der Waals surface area contributed by atoms with Crippen molar-refractivity contribution >= 4 is 34.6 Å². The number of nitrogens with two attached hydrogens (primary N) is 1. The van der Waals surface area contributed by atoms with Crippen molar-refractivity contribution in [2.24, 2.45) is 0 Å². The number of aromatic nitrogens is 4. The quantitative estimate of drug-likeness (QED) is 0.604. The average Bonchev–Trinajstić information content (AvgIpc) is 2.62. The number of alkyl halides is 3. The number of rotatable bonds is 9. The molecule has 2 heterocycles. The van der Waals surface area contributed by atoms with Crippen molar-refractivity contribution in [1.29, 1.82) is 0 Å². The van der Waals surface area contributed by atoms with Gasteiger partial charge in [0.25, 0.3) is 0 Å². The maximum absolute atomic E-state index is 12.5. The Kier molecular flexibility index (Phi) is 6.81. The van der Waals surface area contributed by atoms with Crippen LogP contribution in [0.25, 0.3) is 11.0 Å². The fourth-order valence-electron chi connectivity index (χ4n) is 2.27. The van der Waals surface area contributed by atoms with E-state index in [1.165, 1.54) is 11.9 Å². The fourth-order valence-corrected chi connectivity index (χ4v) is 2.27. The zero-order valence-electron chi connectivity index (χ0n) is 15.7. The molecule has 2 aromatic rings. The summed E-state index contributed by atoms with van der Waals surface area (Å²) < 4.78 is 37.5. The molecule has 2 rings (SSSR count). The van der Waals surface area contributed by atoms with E-state index in [0.29, 0.717) is 35.9 Å². The van der Waals surface area contributed by atoms with Gasteiger partial charge in [-0.1, -0.05) is 13.8 Å². The van der Waals surface area contributed by atoms with Crippen molar-refractivity contribution in [3.05, 3.63) is 0 Å². The maximum atomic E-state index is 12.5. The Hall–Kier alpha value is -2.59. The smallest absolute Gasteiger partial charge is 0.382 e. The van der Waals surface area contributed by atoms with Gasteiger partial charge < -0.3 is 21.3 Å². The number of nitrogens with one attached hydrogen (secondary N) is 2. The van der Waals surface area contributed by atoms with Crippen molar-refractivity contribution in [3.8, 4) is 0 Å². The Labute approximate surface area is 155 Å². The fraction of sp³-hybridized carbons (Fsp3) is 0.625. The van der Waals surface area contributed by atoms with Gasteiger partial charge in [-0.05, 0) is 12.8 Å². The maximum Gasteiger partial charge on any atom is 0.390 e. The number of anilines is 4. The molecule has 0 spiro atoms. The minimum absolute atomic E-state index is 0.134. The average molecular weight is 386 g/mol. The normalized spacial score (nSPS) is 11.6. The van der Waals surface area contributed by atoms with Gasteiger partial charge in [0, 0.05) is 26.7 Å². The number of hydrogen-bond acceptors (Lipinski definition) is 8. The van der Waals surface area contributed by atoms with E-state index in [4.69, 9.17) is 5.73 Å². The molecule has 0 bridgehead atoms. The van der Waals surface area contributed by atoms with Crippen LogP contribution >= 0.6 is 0 Å². The molecule has 8 nitrogen and oxygen atoms in total. The van der Waals surface area contributed by atoms with E-state index in [1.807, 2.05) is 13.8 Å². The molecule has 27 heavy (non-hydrogen) atoms. The summed E-state index contributed by atoms with van der Waals surface area (Å²) in [4.78, 5) is 18.6. The van der Waals surface area contributed by atoms with E-state index in [0.717, 1.165) is 12.8 Å². The molecule has 11 heteroatoms. The van der Waals surface area contributed by atoms with E-state index in [9.17, 15) is 13.2 Å². The molecule has 0 radical (unpaired) electrons. The van der Waals surface area contributed by atoms with Crippen molar-refractivity contribution in [1.82, 2.24) is 19.9 Å². The molecule has 0 aliphatic heterocycles. The van der Waals surface area contributed by atoms with Crippen molar-refractivity contribution in [3.63, 3.8) is 0 Å². The first-order valence-corrected chi connectivity index (χ1v) is 8.86. The Morgan fingerprint density at radius 3 is 2.26 bits per heavy atom. The van der Waals surface area contributed by atoms with Crippen LogP contribution in [0.1, 0.15) is 33.1 Å². The first-order chi connectivity index (χ1) is 12.7. The van der Waals surface area contributed by atoms with Crippen LogP contribution in [0.3, 0.4) is 0 Å². The van der Waals surface area contributed by atoms with E-state index < -0.39 is 12.6 Å². The highest BCUT2D eigenvalue weighted by Crippen LogP contribution is 2.27. The zero-order chi connectivity index (χ0) is 20.0. The Morgan fingerprint density at radius 2 is 1.63 bits per heavy atom. The molecule has 150 valence electrons. The first kappa shape index (κ1) is 20.7. The summed E-state index contributed by atoms with van der Waals surface area (Å²) >= 11 is 0. The topological polar surface area (TPSA) is 105 Å². The van der Waals surface area contributed by atoms with Gasteiger partial charge >= 0.3 is 6.18 Å². The number of halogens is 3. The lowest BCUT2D eigenvalue weighted by atomic mass is 10.3. The van der Waals surface area contributed by atoms with Gasteiger partial charge in [0.2, 0.25) is 11.9 Å². The summed E-state index contributed by atoms with van der Waals surface area (Å²) in [5.74, 6) is 1.06. The monoisotopic (exact) mass is 386 g/mol. The third-order valence-electron chi connectivity index (χ3n) is 3.71. The van der Waals surface area contributed by atoms with Gasteiger partial charge in [-0.2, -0.15) is 23.1 Å². The molecule has 0 unspecified atom stereocenters.